The van der Waals surface area contributed by atoms with Crippen LogP contribution in [0, 0.1) is 13.8 Å². The molecule has 0 aliphatic carbocycles. The fourth-order valence-corrected chi connectivity index (χ4v) is 3.29. The van der Waals surface area contributed by atoms with Gasteiger partial charge in [-0.05, 0) is 56.2 Å². The van der Waals surface area contributed by atoms with E-state index in [0.29, 0.717) is 29.7 Å². The van der Waals surface area contributed by atoms with Gasteiger partial charge in [-0.3, -0.25) is 14.2 Å². The third-order valence-electron chi connectivity index (χ3n) is 5.12. The minimum atomic E-state index is -0.803. The molecular formula is C22H25N3O4. The number of carbonyl (C=O) groups excluding carboxylic acids is 1. The van der Waals surface area contributed by atoms with Crippen LogP contribution in [0.15, 0.2) is 52.1 Å². The van der Waals surface area contributed by atoms with Gasteiger partial charge < -0.3 is 10.1 Å². The summed E-state index contributed by atoms with van der Waals surface area (Å²) in [5.41, 5.74) is 1.99. The van der Waals surface area contributed by atoms with Crippen LogP contribution in [0.25, 0.3) is 16.6 Å². The van der Waals surface area contributed by atoms with Crippen molar-refractivity contribution in [2.24, 2.45) is 0 Å². The lowest BCUT2D eigenvalue weighted by Gasteiger charge is -2.20. The predicted molar refractivity (Wildman–Crippen MR) is 113 cm³/mol. The molecule has 1 amide bonds. The van der Waals surface area contributed by atoms with Gasteiger partial charge in [0, 0.05) is 13.7 Å². The summed E-state index contributed by atoms with van der Waals surface area (Å²) in [7, 11) is 1.55. The summed E-state index contributed by atoms with van der Waals surface area (Å²) < 4.78 is 7.46. The number of hydrogen-bond acceptors (Lipinski definition) is 4. The van der Waals surface area contributed by atoms with Crippen LogP contribution in [-0.2, 0) is 9.53 Å². The molecule has 0 saturated heterocycles. The second-order valence-electron chi connectivity index (χ2n) is 7.04. The second-order valence-corrected chi connectivity index (χ2v) is 7.04. The maximum absolute atomic E-state index is 13.4. The first kappa shape index (κ1) is 20.5. The summed E-state index contributed by atoms with van der Waals surface area (Å²) in [6, 6.07) is 11.5. The van der Waals surface area contributed by atoms with Crippen LogP contribution in [0.1, 0.15) is 24.1 Å². The number of nitrogens with one attached hydrogen (secondary N) is 1. The molecule has 1 N–H and O–H groups in total. The molecular weight excluding hydrogens is 370 g/mol. The summed E-state index contributed by atoms with van der Waals surface area (Å²) in [5.74, 6) is -0.320. The van der Waals surface area contributed by atoms with Gasteiger partial charge in [-0.25, -0.2) is 9.36 Å². The maximum Gasteiger partial charge on any atom is 0.336 e. The smallest absolute Gasteiger partial charge is 0.336 e. The number of aromatic nitrogens is 2. The average Bonchev–Trinajstić information content (AvgIpc) is 2.70. The van der Waals surface area contributed by atoms with Crippen molar-refractivity contribution in [3.8, 4) is 5.69 Å². The van der Waals surface area contributed by atoms with Gasteiger partial charge in [0.1, 0.15) is 6.04 Å². The molecule has 0 bridgehead atoms. The van der Waals surface area contributed by atoms with Crippen LogP contribution in [0.5, 0.6) is 0 Å². The summed E-state index contributed by atoms with van der Waals surface area (Å²) in [6.45, 7) is 6.24. The van der Waals surface area contributed by atoms with Gasteiger partial charge in [-0.2, -0.15) is 0 Å². The van der Waals surface area contributed by atoms with Crippen molar-refractivity contribution in [2.45, 2.75) is 26.8 Å². The highest BCUT2D eigenvalue weighted by Gasteiger charge is 2.22. The topological polar surface area (TPSA) is 82.3 Å². The lowest BCUT2D eigenvalue weighted by Crippen LogP contribution is -2.44. The van der Waals surface area contributed by atoms with Crippen molar-refractivity contribution in [1.82, 2.24) is 14.5 Å². The van der Waals surface area contributed by atoms with E-state index in [4.69, 9.17) is 4.74 Å². The van der Waals surface area contributed by atoms with Crippen molar-refractivity contribution in [1.29, 1.82) is 0 Å². The van der Waals surface area contributed by atoms with E-state index in [9.17, 15) is 14.4 Å². The number of ether oxygens (including phenoxy) is 1. The molecule has 0 aliphatic heterocycles. The minimum Gasteiger partial charge on any atom is -0.383 e. The summed E-state index contributed by atoms with van der Waals surface area (Å²) in [4.78, 5) is 39.2. The van der Waals surface area contributed by atoms with Crippen molar-refractivity contribution >= 4 is 16.8 Å². The number of aryl methyl sites for hydroxylation is 2. The molecule has 3 aromatic rings. The second kappa shape index (κ2) is 8.45. The molecule has 0 fully saturated rings. The first-order chi connectivity index (χ1) is 13.9. The normalized spacial score (nSPS) is 12.1. The first-order valence-electron chi connectivity index (χ1n) is 9.47. The van der Waals surface area contributed by atoms with Crippen LogP contribution in [0.3, 0.4) is 0 Å². The van der Waals surface area contributed by atoms with Crippen LogP contribution >= 0.6 is 0 Å². The van der Waals surface area contributed by atoms with Gasteiger partial charge in [0.25, 0.3) is 5.56 Å². The van der Waals surface area contributed by atoms with E-state index in [1.807, 2.05) is 19.9 Å². The molecule has 29 heavy (non-hydrogen) atoms. The van der Waals surface area contributed by atoms with Crippen LogP contribution in [-0.4, -0.2) is 35.3 Å². The first-order valence-corrected chi connectivity index (χ1v) is 9.47. The summed E-state index contributed by atoms with van der Waals surface area (Å²) >= 11 is 0. The molecule has 152 valence electrons. The van der Waals surface area contributed by atoms with E-state index in [2.05, 4.69) is 5.32 Å². The van der Waals surface area contributed by atoms with Crippen molar-refractivity contribution in [3.05, 3.63) is 74.4 Å². The molecule has 0 saturated carbocycles. The molecule has 7 nitrogen and oxygen atoms in total. The third kappa shape index (κ3) is 3.86. The Labute approximate surface area is 168 Å². The minimum absolute atomic E-state index is 0.320. The quantitative estimate of drug-likeness (QED) is 0.648. The van der Waals surface area contributed by atoms with Gasteiger partial charge in [-0.1, -0.05) is 18.2 Å². The number of rotatable bonds is 6. The number of nitrogens with zero attached hydrogens (tertiary/aromatic N) is 2. The number of benzene rings is 2. The Hall–Kier alpha value is -3.19. The molecule has 2 aromatic carbocycles. The van der Waals surface area contributed by atoms with Gasteiger partial charge in [-0.15, -0.1) is 0 Å². The number of carbonyl (C=O) groups is 1. The van der Waals surface area contributed by atoms with Crippen LogP contribution < -0.4 is 16.6 Å². The number of para-hydroxylation sites is 1. The van der Waals surface area contributed by atoms with E-state index >= 15 is 0 Å². The SMILES string of the molecule is COCCNC(=O)[C@@H](C)n1c(=O)n(-c2ccc(C)c(C)c2)c(=O)c2ccccc21. The van der Waals surface area contributed by atoms with Crippen molar-refractivity contribution < 1.29 is 9.53 Å². The Morgan fingerprint density at radius 3 is 2.52 bits per heavy atom. The molecule has 0 aliphatic rings. The van der Waals surface area contributed by atoms with Gasteiger partial charge in [0.05, 0.1) is 23.2 Å². The summed E-state index contributed by atoms with van der Waals surface area (Å²) in [5, 5.41) is 3.13. The molecule has 1 atom stereocenters. The Kier molecular flexibility index (Phi) is 5.98. The van der Waals surface area contributed by atoms with E-state index in [0.717, 1.165) is 15.7 Å². The van der Waals surface area contributed by atoms with E-state index in [1.165, 1.54) is 4.57 Å². The van der Waals surface area contributed by atoms with E-state index < -0.39 is 17.3 Å². The number of hydrogen-bond donors (Lipinski definition) is 1. The lowest BCUT2D eigenvalue weighted by molar-refractivity contribution is -0.124. The van der Waals surface area contributed by atoms with Crippen molar-refractivity contribution in [3.63, 3.8) is 0 Å². The number of fused-ring (bicyclic) bond motifs is 1. The highest BCUT2D eigenvalue weighted by Crippen LogP contribution is 2.16. The van der Waals surface area contributed by atoms with Gasteiger partial charge >= 0.3 is 5.69 Å². The summed E-state index contributed by atoms with van der Waals surface area (Å²) in [6.07, 6.45) is 0. The lowest BCUT2D eigenvalue weighted by atomic mass is 10.1. The molecule has 1 heterocycles. The fourth-order valence-electron chi connectivity index (χ4n) is 3.29. The standard InChI is InChI=1S/C22H25N3O4/c1-14-9-10-17(13-15(14)2)25-21(27)18-7-5-6-8-19(18)24(22(25)28)16(3)20(26)23-11-12-29-4/h5-10,13,16H,11-12H2,1-4H3,(H,23,26)/t16-/m1/s1. The maximum atomic E-state index is 13.4. The molecule has 0 radical (unpaired) electrons. The molecule has 1 aromatic heterocycles. The Morgan fingerprint density at radius 2 is 1.83 bits per heavy atom. The zero-order valence-electron chi connectivity index (χ0n) is 17.1. The fraction of sp³-hybridized carbons (Fsp3) is 0.318. The molecule has 3 rings (SSSR count). The zero-order chi connectivity index (χ0) is 21.1. The number of amides is 1. The Morgan fingerprint density at radius 1 is 1.10 bits per heavy atom. The van der Waals surface area contributed by atoms with Gasteiger partial charge in [0.2, 0.25) is 5.91 Å². The highest BCUT2D eigenvalue weighted by atomic mass is 16.5. The van der Waals surface area contributed by atoms with Crippen LogP contribution in [0.4, 0.5) is 0 Å². The Balaban J connectivity index is 2.24. The van der Waals surface area contributed by atoms with Crippen LogP contribution in [0.2, 0.25) is 0 Å². The van der Waals surface area contributed by atoms with Crippen molar-refractivity contribution in [2.75, 3.05) is 20.3 Å². The molecule has 0 unspecified atom stereocenters. The average molecular weight is 395 g/mol. The van der Waals surface area contributed by atoms with Gasteiger partial charge in [0.15, 0.2) is 0 Å². The third-order valence-corrected chi connectivity index (χ3v) is 5.12. The predicted octanol–water partition coefficient (Wildman–Crippen LogP) is 2.09. The van der Waals surface area contributed by atoms with E-state index in [-0.39, 0.29) is 5.91 Å². The molecule has 0 spiro atoms. The number of methoxy groups -OCH3 is 1. The molecule has 7 heteroatoms. The zero-order valence-corrected chi connectivity index (χ0v) is 17.1. The largest absolute Gasteiger partial charge is 0.383 e. The monoisotopic (exact) mass is 395 g/mol. The Bertz CT molecular complexity index is 1180. The highest BCUT2D eigenvalue weighted by molar-refractivity contribution is 5.84. The van der Waals surface area contributed by atoms with E-state index in [1.54, 1.807) is 50.4 Å².